The number of carbonyl (C=O) groups is 2. The molecule has 0 unspecified atom stereocenters. The van der Waals surface area contributed by atoms with Crippen molar-refractivity contribution in [3.05, 3.63) is 65.2 Å². The highest BCUT2D eigenvalue weighted by Gasteiger charge is 2.20. The second-order valence-electron chi connectivity index (χ2n) is 6.77. The van der Waals surface area contributed by atoms with Gasteiger partial charge in [-0.25, -0.2) is 8.42 Å². The lowest BCUT2D eigenvalue weighted by Crippen LogP contribution is -2.06. The molecule has 0 aromatic heterocycles. The summed E-state index contributed by atoms with van der Waals surface area (Å²) in [6, 6.07) is 12.3. The van der Waals surface area contributed by atoms with E-state index in [4.69, 9.17) is 14.6 Å². The normalized spacial score (nSPS) is 12.9. The van der Waals surface area contributed by atoms with Gasteiger partial charge in [-0.2, -0.15) is 0 Å². The Morgan fingerprint density at radius 2 is 1.66 bits per heavy atom. The van der Waals surface area contributed by atoms with Gasteiger partial charge in [0.15, 0.2) is 27.1 Å². The highest BCUT2D eigenvalue weighted by molar-refractivity contribution is 7.90. The highest BCUT2D eigenvalue weighted by Crippen LogP contribution is 2.38. The molecule has 3 aromatic rings. The fourth-order valence-corrected chi connectivity index (χ4v) is 3.92. The SMILES string of the molecule is CS(=O)(=O)c1ccc(C(=O)c2cc(CC(=O)O)cc3cc4c(cc23)OCO4)cc1. The smallest absolute Gasteiger partial charge is 0.307 e. The van der Waals surface area contributed by atoms with E-state index in [0.29, 0.717) is 39.0 Å². The Hall–Kier alpha value is -3.39. The summed E-state index contributed by atoms with van der Waals surface area (Å²) in [5.74, 6) is -0.326. The molecule has 0 spiro atoms. The summed E-state index contributed by atoms with van der Waals surface area (Å²) in [5, 5.41) is 10.4. The van der Waals surface area contributed by atoms with Gasteiger partial charge >= 0.3 is 5.97 Å². The molecule has 1 heterocycles. The molecule has 4 rings (SSSR count). The number of carbonyl (C=O) groups excluding carboxylic acids is 1. The molecule has 0 saturated carbocycles. The molecule has 3 aromatic carbocycles. The summed E-state index contributed by atoms with van der Waals surface area (Å²) in [6.07, 6.45) is 0.854. The molecule has 0 saturated heterocycles. The van der Waals surface area contributed by atoms with E-state index in [9.17, 15) is 18.0 Å². The Bertz CT molecular complexity index is 1260. The molecule has 7 nitrogen and oxygen atoms in total. The van der Waals surface area contributed by atoms with E-state index >= 15 is 0 Å². The molecule has 0 aliphatic carbocycles. The van der Waals surface area contributed by atoms with Crippen molar-refractivity contribution in [2.24, 2.45) is 0 Å². The van der Waals surface area contributed by atoms with Gasteiger partial charge in [0.2, 0.25) is 6.79 Å². The summed E-state index contributed by atoms with van der Waals surface area (Å²) < 4.78 is 34.1. The first-order valence-corrected chi connectivity index (χ1v) is 10.5. The van der Waals surface area contributed by atoms with Gasteiger partial charge in [0, 0.05) is 17.4 Å². The Morgan fingerprint density at radius 3 is 2.28 bits per heavy atom. The number of fused-ring (bicyclic) bond motifs is 2. The van der Waals surface area contributed by atoms with Crippen LogP contribution in [0.5, 0.6) is 11.5 Å². The molecule has 1 N–H and O–H groups in total. The first kappa shape index (κ1) is 18.9. The van der Waals surface area contributed by atoms with Crippen LogP contribution in [0.4, 0.5) is 0 Å². The maximum Gasteiger partial charge on any atom is 0.307 e. The van der Waals surface area contributed by atoms with Crippen molar-refractivity contribution >= 4 is 32.4 Å². The molecule has 0 amide bonds. The Labute approximate surface area is 166 Å². The van der Waals surface area contributed by atoms with Crippen LogP contribution in [0.3, 0.4) is 0 Å². The largest absolute Gasteiger partial charge is 0.481 e. The predicted molar refractivity (Wildman–Crippen MR) is 104 cm³/mol. The number of aliphatic carboxylic acids is 1. The number of rotatable bonds is 5. The van der Waals surface area contributed by atoms with Crippen LogP contribution in [-0.4, -0.2) is 38.3 Å². The van der Waals surface area contributed by atoms with E-state index in [1.807, 2.05) is 0 Å². The molecular weight excluding hydrogens is 396 g/mol. The first-order chi connectivity index (χ1) is 13.7. The molecule has 0 bridgehead atoms. The first-order valence-electron chi connectivity index (χ1n) is 8.65. The van der Waals surface area contributed by atoms with Gasteiger partial charge < -0.3 is 14.6 Å². The van der Waals surface area contributed by atoms with Crippen molar-refractivity contribution in [2.45, 2.75) is 11.3 Å². The van der Waals surface area contributed by atoms with Crippen LogP contribution in [0.2, 0.25) is 0 Å². The van der Waals surface area contributed by atoms with Gasteiger partial charge in [0.05, 0.1) is 11.3 Å². The standard InChI is InChI=1S/C21H16O7S/c1-29(25,26)15-4-2-13(3-5-15)21(24)17-7-12(8-20(22)23)6-14-9-18-19(10-16(14)17)28-11-27-18/h2-7,9-10H,8,11H2,1H3,(H,22,23). The average molecular weight is 412 g/mol. The number of sulfone groups is 1. The molecule has 148 valence electrons. The van der Waals surface area contributed by atoms with Crippen LogP contribution in [0.1, 0.15) is 21.5 Å². The number of hydrogen-bond acceptors (Lipinski definition) is 6. The van der Waals surface area contributed by atoms with Crippen LogP contribution in [-0.2, 0) is 21.1 Å². The maximum absolute atomic E-state index is 13.2. The predicted octanol–water partition coefficient (Wildman–Crippen LogP) is 2.83. The number of hydrogen-bond donors (Lipinski definition) is 1. The highest BCUT2D eigenvalue weighted by atomic mass is 32.2. The lowest BCUT2D eigenvalue weighted by molar-refractivity contribution is -0.136. The topological polar surface area (TPSA) is 107 Å². The molecule has 1 aliphatic rings. The van der Waals surface area contributed by atoms with Crippen LogP contribution < -0.4 is 9.47 Å². The average Bonchev–Trinajstić information content (AvgIpc) is 3.11. The summed E-state index contributed by atoms with van der Waals surface area (Å²) in [5.41, 5.74) is 1.08. The zero-order chi connectivity index (χ0) is 20.8. The van der Waals surface area contributed by atoms with Crippen LogP contribution in [0.15, 0.2) is 53.4 Å². The van der Waals surface area contributed by atoms with Crippen LogP contribution >= 0.6 is 0 Å². The molecule has 1 aliphatic heterocycles. The minimum atomic E-state index is -3.38. The minimum absolute atomic E-state index is 0.0733. The van der Waals surface area contributed by atoms with Gasteiger partial charge in [-0.05, 0) is 58.8 Å². The zero-order valence-corrected chi connectivity index (χ0v) is 16.2. The number of carboxylic acid groups (broad SMARTS) is 1. The summed E-state index contributed by atoms with van der Waals surface area (Å²) >= 11 is 0. The monoisotopic (exact) mass is 412 g/mol. The number of carboxylic acids is 1. The maximum atomic E-state index is 13.2. The molecule has 8 heteroatoms. The lowest BCUT2D eigenvalue weighted by atomic mass is 9.93. The Kier molecular flexibility index (Phi) is 4.50. The lowest BCUT2D eigenvalue weighted by Gasteiger charge is -2.11. The molecule has 0 radical (unpaired) electrons. The number of ketones is 1. The Morgan fingerprint density at radius 1 is 1.00 bits per heavy atom. The minimum Gasteiger partial charge on any atom is -0.481 e. The molecular formula is C21H16O7S. The molecule has 0 fully saturated rings. The second kappa shape index (κ2) is 6.89. The third-order valence-corrected chi connectivity index (χ3v) is 5.78. The second-order valence-corrected chi connectivity index (χ2v) is 8.78. The van der Waals surface area contributed by atoms with Gasteiger partial charge in [-0.15, -0.1) is 0 Å². The fraction of sp³-hybridized carbons (Fsp3) is 0.143. The van der Waals surface area contributed by atoms with E-state index in [1.54, 1.807) is 24.3 Å². The van der Waals surface area contributed by atoms with Crippen LogP contribution in [0.25, 0.3) is 10.8 Å². The summed E-state index contributed by atoms with van der Waals surface area (Å²) in [6.45, 7) is 0.0733. The van der Waals surface area contributed by atoms with Crippen LogP contribution in [0, 0.1) is 0 Å². The van der Waals surface area contributed by atoms with E-state index in [1.165, 1.54) is 24.3 Å². The van der Waals surface area contributed by atoms with Crippen molar-refractivity contribution in [1.82, 2.24) is 0 Å². The van der Waals surface area contributed by atoms with Gasteiger partial charge in [0.25, 0.3) is 0 Å². The van der Waals surface area contributed by atoms with Crippen molar-refractivity contribution in [3.63, 3.8) is 0 Å². The third kappa shape index (κ3) is 3.66. The van der Waals surface area contributed by atoms with Crippen molar-refractivity contribution < 1.29 is 32.6 Å². The molecule has 29 heavy (non-hydrogen) atoms. The fourth-order valence-electron chi connectivity index (χ4n) is 3.29. The zero-order valence-electron chi connectivity index (χ0n) is 15.3. The van der Waals surface area contributed by atoms with Gasteiger partial charge in [0.1, 0.15) is 0 Å². The Balaban J connectivity index is 1.86. The van der Waals surface area contributed by atoms with Crippen molar-refractivity contribution in [3.8, 4) is 11.5 Å². The quantitative estimate of drug-likeness (QED) is 0.642. The van der Waals surface area contributed by atoms with E-state index in [-0.39, 0.29) is 23.9 Å². The van der Waals surface area contributed by atoms with Crippen molar-refractivity contribution in [1.29, 1.82) is 0 Å². The molecule has 0 atom stereocenters. The van der Waals surface area contributed by atoms with E-state index in [2.05, 4.69) is 0 Å². The van der Waals surface area contributed by atoms with Crippen molar-refractivity contribution in [2.75, 3.05) is 13.0 Å². The van der Waals surface area contributed by atoms with E-state index in [0.717, 1.165) is 6.26 Å². The van der Waals surface area contributed by atoms with Gasteiger partial charge in [-0.1, -0.05) is 6.07 Å². The summed E-state index contributed by atoms with van der Waals surface area (Å²) in [4.78, 5) is 24.5. The summed E-state index contributed by atoms with van der Waals surface area (Å²) in [7, 11) is -3.38. The number of ether oxygens (including phenoxy) is 2. The van der Waals surface area contributed by atoms with Gasteiger partial charge in [-0.3, -0.25) is 9.59 Å². The third-order valence-electron chi connectivity index (χ3n) is 4.65. The van der Waals surface area contributed by atoms with E-state index < -0.39 is 15.8 Å². The number of benzene rings is 3.